The molecule has 0 aliphatic rings. The van der Waals surface area contributed by atoms with Crippen LogP contribution in [0.15, 0.2) is 29.6 Å². The number of rotatable bonds is 6. The maximum Gasteiger partial charge on any atom is 0.203 e. The molecule has 0 aliphatic carbocycles. The van der Waals surface area contributed by atoms with Crippen molar-refractivity contribution in [3.63, 3.8) is 0 Å². The van der Waals surface area contributed by atoms with Crippen molar-refractivity contribution in [2.24, 2.45) is 0 Å². The van der Waals surface area contributed by atoms with E-state index in [0.29, 0.717) is 17.2 Å². The SMILES string of the molecule is CNC(c1cc(OC)c(OC)c(OC)c1)c1cccs1. The average molecular weight is 293 g/mol. The molecule has 4 nitrogen and oxygen atoms in total. The van der Waals surface area contributed by atoms with Crippen molar-refractivity contribution in [2.45, 2.75) is 6.04 Å². The molecule has 2 rings (SSSR count). The van der Waals surface area contributed by atoms with E-state index in [1.54, 1.807) is 32.7 Å². The van der Waals surface area contributed by atoms with Gasteiger partial charge in [0.05, 0.1) is 27.4 Å². The van der Waals surface area contributed by atoms with E-state index in [0.717, 1.165) is 5.56 Å². The number of hydrogen-bond donors (Lipinski definition) is 1. The Hall–Kier alpha value is -1.72. The Kier molecular flexibility index (Phi) is 4.87. The van der Waals surface area contributed by atoms with Crippen LogP contribution in [0.5, 0.6) is 17.2 Å². The first-order valence-corrected chi connectivity index (χ1v) is 7.13. The number of hydrogen-bond acceptors (Lipinski definition) is 5. The summed E-state index contributed by atoms with van der Waals surface area (Å²) in [6, 6.07) is 8.20. The summed E-state index contributed by atoms with van der Waals surface area (Å²) in [5, 5.41) is 5.39. The zero-order valence-corrected chi connectivity index (χ0v) is 12.9. The molecule has 20 heavy (non-hydrogen) atoms. The second kappa shape index (κ2) is 6.63. The molecule has 108 valence electrons. The van der Waals surface area contributed by atoms with E-state index in [9.17, 15) is 0 Å². The van der Waals surface area contributed by atoms with Crippen molar-refractivity contribution < 1.29 is 14.2 Å². The van der Waals surface area contributed by atoms with Crippen molar-refractivity contribution in [2.75, 3.05) is 28.4 Å². The topological polar surface area (TPSA) is 39.7 Å². The van der Waals surface area contributed by atoms with Crippen LogP contribution >= 0.6 is 11.3 Å². The first-order valence-electron chi connectivity index (χ1n) is 6.25. The van der Waals surface area contributed by atoms with E-state index in [-0.39, 0.29) is 6.04 Å². The van der Waals surface area contributed by atoms with Gasteiger partial charge in [0.25, 0.3) is 0 Å². The molecular formula is C15H19NO3S. The van der Waals surface area contributed by atoms with Crippen LogP contribution in [-0.4, -0.2) is 28.4 Å². The largest absolute Gasteiger partial charge is 0.493 e. The fraction of sp³-hybridized carbons (Fsp3) is 0.333. The summed E-state index contributed by atoms with van der Waals surface area (Å²) in [6.07, 6.45) is 0. The molecule has 0 aliphatic heterocycles. The van der Waals surface area contributed by atoms with Gasteiger partial charge in [-0.3, -0.25) is 0 Å². The van der Waals surface area contributed by atoms with E-state index < -0.39 is 0 Å². The zero-order valence-electron chi connectivity index (χ0n) is 12.1. The highest BCUT2D eigenvalue weighted by molar-refractivity contribution is 7.10. The molecule has 0 amide bonds. The second-order valence-electron chi connectivity index (χ2n) is 4.20. The third-order valence-electron chi connectivity index (χ3n) is 3.14. The molecule has 1 aromatic heterocycles. The van der Waals surface area contributed by atoms with Gasteiger partial charge in [0.15, 0.2) is 11.5 Å². The molecule has 1 N–H and O–H groups in total. The minimum absolute atomic E-state index is 0.101. The highest BCUT2D eigenvalue weighted by atomic mass is 32.1. The van der Waals surface area contributed by atoms with E-state index in [2.05, 4.69) is 16.8 Å². The van der Waals surface area contributed by atoms with Crippen molar-refractivity contribution in [1.29, 1.82) is 0 Å². The standard InChI is InChI=1S/C15H19NO3S/c1-16-14(13-6-5-7-20-13)10-8-11(17-2)15(19-4)12(9-10)18-3/h5-9,14,16H,1-4H3. The minimum Gasteiger partial charge on any atom is -0.493 e. The Balaban J connectivity index is 2.50. The molecule has 5 heteroatoms. The predicted molar refractivity (Wildman–Crippen MR) is 81.3 cm³/mol. The number of methoxy groups -OCH3 is 3. The third kappa shape index (κ3) is 2.73. The quantitative estimate of drug-likeness (QED) is 0.888. The van der Waals surface area contributed by atoms with E-state index in [1.807, 2.05) is 25.2 Å². The number of benzene rings is 1. The lowest BCUT2D eigenvalue weighted by Crippen LogP contribution is -2.16. The first-order chi connectivity index (χ1) is 9.74. The van der Waals surface area contributed by atoms with Crippen molar-refractivity contribution in [3.05, 3.63) is 40.1 Å². The van der Waals surface area contributed by atoms with Gasteiger partial charge in [-0.05, 0) is 36.2 Å². The van der Waals surface area contributed by atoms with Crippen LogP contribution in [0.3, 0.4) is 0 Å². The molecule has 0 saturated carbocycles. The van der Waals surface area contributed by atoms with Gasteiger partial charge in [0.1, 0.15) is 0 Å². The third-order valence-corrected chi connectivity index (χ3v) is 4.07. The lowest BCUT2D eigenvalue weighted by atomic mass is 10.0. The highest BCUT2D eigenvalue weighted by Crippen LogP contribution is 2.41. The molecule has 0 bridgehead atoms. The zero-order chi connectivity index (χ0) is 14.5. The fourth-order valence-electron chi connectivity index (χ4n) is 2.20. The van der Waals surface area contributed by atoms with Crippen LogP contribution in [0.2, 0.25) is 0 Å². The molecular weight excluding hydrogens is 274 g/mol. The van der Waals surface area contributed by atoms with Crippen LogP contribution in [0.4, 0.5) is 0 Å². The maximum absolute atomic E-state index is 5.40. The van der Waals surface area contributed by atoms with Crippen molar-refractivity contribution in [3.8, 4) is 17.2 Å². The van der Waals surface area contributed by atoms with Crippen molar-refractivity contribution >= 4 is 11.3 Å². The molecule has 0 spiro atoms. The predicted octanol–water partition coefficient (Wildman–Crippen LogP) is 3.08. The Morgan fingerprint density at radius 1 is 1.05 bits per heavy atom. The van der Waals surface area contributed by atoms with Crippen LogP contribution in [0.25, 0.3) is 0 Å². The maximum atomic E-state index is 5.40. The molecule has 1 atom stereocenters. The van der Waals surface area contributed by atoms with E-state index in [1.165, 1.54) is 4.88 Å². The van der Waals surface area contributed by atoms with E-state index >= 15 is 0 Å². The Morgan fingerprint density at radius 2 is 1.70 bits per heavy atom. The fourth-order valence-corrected chi connectivity index (χ4v) is 3.06. The monoisotopic (exact) mass is 293 g/mol. The Labute approximate surface area is 123 Å². The smallest absolute Gasteiger partial charge is 0.203 e. The average Bonchev–Trinajstić information content (AvgIpc) is 3.00. The van der Waals surface area contributed by atoms with Gasteiger partial charge in [-0.15, -0.1) is 11.3 Å². The molecule has 0 radical (unpaired) electrons. The van der Waals surface area contributed by atoms with Gasteiger partial charge in [-0.1, -0.05) is 6.07 Å². The van der Waals surface area contributed by atoms with Crippen LogP contribution < -0.4 is 19.5 Å². The van der Waals surface area contributed by atoms with Crippen LogP contribution in [0.1, 0.15) is 16.5 Å². The van der Waals surface area contributed by atoms with Gasteiger partial charge in [0, 0.05) is 4.88 Å². The van der Waals surface area contributed by atoms with Gasteiger partial charge >= 0.3 is 0 Å². The molecule has 1 heterocycles. The minimum atomic E-state index is 0.101. The summed E-state index contributed by atoms with van der Waals surface area (Å²) in [7, 11) is 6.80. The molecule has 1 aromatic carbocycles. The summed E-state index contributed by atoms with van der Waals surface area (Å²) in [5.74, 6) is 1.94. The van der Waals surface area contributed by atoms with Gasteiger partial charge in [-0.25, -0.2) is 0 Å². The lowest BCUT2D eigenvalue weighted by Gasteiger charge is -2.19. The lowest BCUT2D eigenvalue weighted by molar-refractivity contribution is 0.323. The normalized spacial score (nSPS) is 12.0. The van der Waals surface area contributed by atoms with Crippen molar-refractivity contribution in [1.82, 2.24) is 5.32 Å². The highest BCUT2D eigenvalue weighted by Gasteiger charge is 2.19. The number of thiophene rings is 1. The summed E-state index contributed by atoms with van der Waals surface area (Å²) in [6.45, 7) is 0. The summed E-state index contributed by atoms with van der Waals surface area (Å²) in [4.78, 5) is 1.24. The van der Waals surface area contributed by atoms with Gasteiger partial charge < -0.3 is 19.5 Å². The second-order valence-corrected chi connectivity index (χ2v) is 5.18. The van der Waals surface area contributed by atoms with Crippen LogP contribution in [0, 0.1) is 0 Å². The summed E-state index contributed by atoms with van der Waals surface area (Å²) >= 11 is 1.71. The molecule has 2 aromatic rings. The van der Waals surface area contributed by atoms with E-state index in [4.69, 9.17) is 14.2 Å². The summed E-state index contributed by atoms with van der Waals surface area (Å²) < 4.78 is 16.2. The molecule has 0 fully saturated rings. The first kappa shape index (κ1) is 14.7. The Bertz CT molecular complexity index is 529. The molecule has 0 saturated heterocycles. The summed E-state index contributed by atoms with van der Waals surface area (Å²) in [5.41, 5.74) is 1.07. The molecule has 1 unspecified atom stereocenters. The van der Waals surface area contributed by atoms with Gasteiger partial charge in [0.2, 0.25) is 5.75 Å². The number of ether oxygens (including phenoxy) is 3. The van der Waals surface area contributed by atoms with Crippen LogP contribution in [-0.2, 0) is 0 Å². The number of nitrogens with one attached hydrogen (secondary N) is 1. The van der Waals surface area contributed by atoms with Gasteiger partial charge in [-0.2, -0.15) is 0 Å². The Morgan fingerprint density at radius 3 is 2.10 bits per heavy atom.